The molecule has 2 amide bonds. The Morgan fingerprint density at radius 2 is 2.25 bits per heavy atom. The zero-order valence-electron chi connectivity index (χ0n) is 10.9. The summed E-state index contributed by atoms with van der Waals surface area (Å²) in [6, 6.07) is -0.419. The van der Waals surface area contributed by atoms with Crippen LogP contribution in [0.2, 0.25) is 0 Å². The van der Waals surface area contributed by atoms with Gasteiger partial charge in [-0.2, -0.15) is 5.10 Å². The fourth-order valence-electron chi connectivity index (χ4n) is 1.38. The van der Waals surface area contributed by atoms with Crippen LogP contribution in [0, 0.1) is 6.92 Å². The maximum absolute atomic E-state index is 11.7. The second kappa shape index (κ2) is 6.15. The van der Waals surface area contributed by atoms with Crippen molar-refractivity contribution in [1.29, 1.82) is 0 Å². The summed E-state index contributed by atoms with van der Waals surface area (Å²) in [7, 11) is 1.30. The molecule has 0 saturated carbocycles. The van der Waals surface area contributed by atoms with Crippen molar-refractivity contribution in [3.63, 3.8) is 0 Å². The molecule has 8 nitrogen and oxygen atoms in total. The predicted octanol–water partition coefficient (Wildman–Crippen LogP) is 1.47. The molecule has 0 fully saturated rings. The van der Waals surface area contributed by atoms with Crippen molar-refractivity contribution in [3.05, 3.63) is 23.5 Å². The Hall–Kier alpha value is -2.42. The first-order valence-corrected chi connectivity index (χ1v) is 6.54. The number of amides is 2. The molecule has 2 rings (SSSR count). The van der Waals surface area contributed by atoms with Gasteiger partial charge in [0.2, 0.25) is 0 Å². The van der Waals surface area contributed by atoms with Crippen molar-refractivity contribution in [2.24, 2.45) is 0 Å². The van der Waals surface area contributed by atoms with Gasteiger partial charge >= 0.3 is 12.0 Å². The summed E-state index contributed by atoms with van der Waals surface area (Å²) in [4.78, 5) is 26.9. The number of urea groups is 1. The highest BCUT2D eigenvalue weighted by molar-refractivity contribution is 7.13. The molecule has 2 aromatic rings. The minimum atomic E-state index is -0.419. The number of anilines is 2. The molecular formula is C11H13N5O3S. The summed E-state index contributed by atoms with van der Waals surface area (Å²) < 4.78 is 5.89. The van der Waals surface area contributed by atoms with Gasteiger partial charge in [-0.05, 0) is 6.92 Å². The number of hydrogen-bond acceptors (Lipinski definition) is 6. The Bertz CT molecular complexity index is 621. The Labute approximate surface area is 118 Å². The van der Waals surface area contributed by atoms with E-state index in [1.54, 1.807) is 0 Å². The van der Waals surface area contributed by atoms with Crippen molar-refractivity contribution < 1.29 is 14.3 Å². The number of methoxy groups -OCH3 is 1. The molecular weight excluding hydrogens is 282 g/mol. The number of nitrogens with one attached hydrogen (secondary N) is 2. The van der Waals surface area contributed by atoms with Crippen LogP contribution in [-0.4, -0.2) is 33.9 Å². The molecule has 0 saturated heterocycles. The zero-order valence-corrected chi connectivity index (χ0v) is 11.7. The Morgan fingerprint density at radius 1 is 1.45 bits per heavy atom. The highest BCUT2D eigenvalue weighted by Crippen LogP contribution is 2.14. The van der Waals surface area contributed by atoms with E-state index in [1.165, 1.54) is 35.5 Å². The minimum absolute atomic E-state index is 0.00846. The highest BCUT2D eigenvalue weighted by Gasteiger charge is 2.08. The molecule has 2 N–H and O–H groups in total. The molecule has 0 aromatic carbocycles. The third-order valence-electron chi connectivity index (χ3n) is 2.25. The molecule has 0 unspecified atom stereocenters. The summed E-state index contributed by atoms with van der Waals surface area (Å²) in [5.41, 5.74) is 1.32. The molecule has 2 aromatic heterocycles. The van der Waals surface area contributed by atoms with Crippen molar-refractivity contribution in [2.75, 3.05) is 17.7 Å². The van der Waals surface area contributed by atoms with E-state index in [0.29, 0.717) is 10.8 Å². The van der Waals surface area contributed by atoms with E-state index in [9.17, 15) is 9.59 Å². The molecule has 0 radical (unpaired) electrons. The number of rotatable bonds is 4. The van der Waals surface area contributed by atoms with Crippen molar-refractivity contribution >= 4 is 34.2 Å². The summed E-state index contributed by atoms with van der Waals surface area (Å²) in [5, 5.41) is 11.5. The molecule has 9 heteroatoms. The van der Waals surface area contributed by atoms with E-state index >= 15 is 0 Å². The van der Waals surface area contributed by atoms with Gasteiger partial charge in [-0.15, -0.1) is 11.3 Å². The molecule has 0 aliphatic carbocycles. The second-order valence-electron chi connectivity index (χ2n) is 3.88. The van der Waals surface area contributed by atoms with Gasteiger partial charge in [0.15, 0.2) is 5.13 Å². The van der Waals surface area contributed by atoms with Gasteiger partial charge in [-0.25, -0.2) is 9.78 Å². The smallest absolute Gasteiger partial charge is 0.327 e. The molecule has 106 valence electrons. The molecule has 0 aliphatic heterocycles. The third-order valence-corrected chi connectivity index (χ3v) is 3.12. The van der Waals surface area contributed by atoms with E-state index in [2.05, 4.69) is 25.5 Å². The largest absolute Gasteiger partial charge is 0.468 e. The van der Waals surface area contributed by atoms with Crippen LogP contribution in [0.5, 0.6) is 0 Å². The quantitative estimate of drug-likeness (QED) is 0.832. The highest BCUT2D eigenvalue weighted by atomic mass is 32.1. The fraction of sp³-hybridized carbons (Fsp3) is 0.273. The number of esters is 1. The predicted molar refractivity (Wildman–Crippen MR) is 73.7 cm³/mol. The van der Waals surface area contributed by atoms with Gasteiger partial charge in [0, 0.05) is 11.6 Å². The number of aromatic nitrogens is 3. The van der Waals surface area contributed by atoms with Crippen LogP contribution < -0.4 is 10.6 Å². The molecule has 0 aliphatic rings. The van der Waals surface area contributed by atoms with Gasteiger partial charge in [0.25, 0.3) is 0 Å². The Kier molecular flexibility index (Phi) is 4.31. The summed E-state index contributed by atoms with van der Waals surface area (Å²) >= 11 is 1.34. The molecule has 0 spiro atoms. The van der Waals surface area contributed by atoms with Gasteiger partial charge < -0.3 is 10.1 Å². The maximum atomic E-state index is 11.7. The number of aryl methyl sites for hydroxylation is 1. The molecule has 0 bridgehead atoms. The minimum Gasteiger partial charge on any atom is -0.468 e. The lowest BCUT2D eigenvalue weighted by molar-refractivity contribution is -0.141. The van der Waals surface area contributed by atoms with Crippen LogP contribution in [0.15, 0.2) is 17.8 Å². The number of carbonyl (C=O) groups excluding carboxylic acids is 2. The average molecular weight is 295 g/mol. The first kappa shape index (κ1) is 14.0. The number of carbonyl (C=O) groups is 2. The first-order chi connectivity index (χ1) is 9.56. The van der Waals surface area contributed by atoms with Crippen LogP contribution in [-0.2, 0) is 16.1 Å². The normalized spacial score (nSPS) is 10.1. The maximum Gasteiger partial charge on any atom is 0.327 e. The SMILES string of the molecule is COC(=O)Cn1cc(NC(=O)Nc2nc(C)cs2)cn1. The van der Waals surface area contributed by atoms with Crippen LogP contribution in [0.1, 0.15) is 5.69 Å². The summed E-state index contributed by atoms with van der Waals surface area (Å²) in [6.07, 6.45) is 2.97. The van der Waals surface area contributed by atoms with Gasteiger partial charge in [-0.3, -0.25) is 14.8 Å². The summed E-state index contributed by atoms with van der Waals surface area (Å²) in [5.74, 6) is -0.414. The van der Waals surface area contributed by atoms with Crippen molar-refractivity contribution in [2.45, 2.75) is 13.5 Å². The monoisotopic (exact) mass is 295 g/mol. The number of thiazole rings is 1. The number of nitrogens with zero attached hydrogens (tertiary/aromatic N) is 3. The fourth-order valence-corrected chi connectivity index (χ4v) is 2.07. The molecule has 0 atom stereocenters. The van der Waals surface area contributed by atoms with E-state index in [-0.39, 0.29) is 6.54 Å². The van der Waals surface area contributed by atoms with E-state index in [0.717, 1.165) is 5.69 Å². The van der Waals surface area contributed by atoms with E-state index in [1.807, 2.05) is 12.3 Å². The van der Waals surface area contributed by atoms with E-state index in [4.69, 9.17) is 0 Å². The van der Waals surface area contributed by atoms with Crippen LogP contribution in [0.4, 0.5) is 15.6 Å². The molecule has 20 heavy (non-hydrogen) atoms. The van der Waals surface area contributed by atoms with Crippen LogP contribution in [0.3, 0.4) is 0 Å². The third kappa shape index (κ3) is 3.79. The topological polar surface area (TPSA) is 98.1 Å². The van der Waals surface area contributed by atoms with Crippen molar-refractivity contribution in [1.82, 2.24) is 14.8 Å². The number of hydrogen-bond donors (Lipinski definition) is 2. The van der Waals surface area contributed by atoms with Gasteiger partial charge in [-0.1, -0.05) is 0 Å². The average Bonchev–Trinajstić information content (AvgIpc) is 2.99. The van der Waals surface area contributed by atoms with Crippen molar-refractivity contribution in [3.8, 4) is 0 Å². The summed E-state index contributed by atoms with van der Waals surface area (Å²) in [6.45, 7) is 1.84. The van der Waals surface area contributed by atoms with Gasteiger partial charge in [0.1, 0.15) is 6.54 Å². The second-order valence-corrected chi connectivity index (χ2v) is 4.73. The van der Waals surface area contributed by atoms with Crippen LogP contribution >= 0.6 is 11.3 Å². The number of ether oxygens (including phenoxy) is 1. The lowest BCUT2D eigenvalue weighted by Crippen LogP contribution is -2.19. The lowest BCUT2D eigenvalue weighted by atomic mass is 10.5. The van der Waals surface area contributed by atoms with Crippen LogP contribution in [0.25, 0.3) is 0 Å². The Balaban J connectivity index is 1.89. The lowest BCUT2D eigenvalue weighted by Gasteiger charge is -2.02. The van der Waals surface area contributed by atoms with E-state index < -0.39 is 12.0 Å². The Morgan fingerprint density at radius 3 is 2.90 bits per heavy atom. The zero-order chi connectivity index (χ0) is 14.5. The standard InChI is InChI=1S/C11H13N5O3S/c1-7-6-20-11(13-7)15-10(18)14-8-3-12-16(4-8)5-9(17)19-2/h3-4,6H,5H2,1-2H3,(H2,13,14,15,18). The molecule has 2 heterocycles. The first-order valence-electron chi connectivity index (χ1n) is 5.66. The van der Waals surface area contributed by atoms with Gasteiger partial charge in [0.05, 0.1) is 24.7 Å².